The Balaban J connectivity index is 1.74. The lowest BCUT2D eigenvalue weighted by atomic mass is 10.0. The van der Waals surface area contributed by atoms with Crippen molar-refractivity contribution in [3.05, 3.63) is 0 Å². The Hall–Kier alpha value is -0.120. The van der Waals surface area contributed by atoms with Crippen LogP contribution in [0.15, 0.2) is 0 Å². The van der Waals surface area contributed by atoms with E-state index in [1.165, 1.54) is 19.4 Å². The fraction of sp³-hybridized carbons (Fsp3) is 1.00. The second kappa shape index (κ2) is 4.60. The van der Waals surface area contributed by atoms with Crippen LogP contribution < -0.4 is 5.73 Å². The van der Waals surface area contributed by atoms with Gasteiger partial charge in [0.15, 0.2) is 0 Å². The van der Waals surface area contributed by atoms with Gasteiger partial charge in [0.05, 0.1) is 13.2 Å². The van der Waals surface area contributed by atoms with Crippen LogP contribution in [0.4, 0.5) is 0 Å². The fourth-order valence-electron chi connectivity index (χ4n) is 2.13. The topological polar surface area (TPSA) is 38.5 Å². The van der Waals surface area contributed by atoms with Crippen LogP contribution in [0.3, 0.4) is 0 Å². The second-order valence-electron chi connectivity index (χ2n) is 4.76. The molecule has 1 heterocycles. The van der Waals surface area contributed by atoms with Gasteiger partial charge in [-0.1, -0.05) is 6.92 Å². The Bertz CT molecular complexity index is 182. The van der Waals surface area contributed by atoms with Crippen molar-refractivity contribution in [3.63, 3.8) is 0 Å². The molecule has 1 aliphatic heterocycles. The van der Waals surface area contributed by atoms with Gasteiger partial charge >= 0.3 is 0 Å². The molecule has 0 aromatic heterocycles. The summed E-state index contributed by atoms with van der Waals surface area (Å²) in [6.45, 7) is 7.42. The molecule has 3 heteroatoms. The van der Waals surface area contributed by atoms with Crippen LogP contribution >= 0.6 is 0 Å². The van der Waals surface area contributed by atoms with Crippen molar-refractivity contribution in [1.29, 1.82) is 0 Å². The maximum Gasteiger partial charge on any atom is 0.0621 e. The average Bonchev–Trinajstić information content (AvgIpc) is 2.90. The first-order valence-electron chi connectivity index (χ1n) is 5.85. The van der Waals surface area contributed by atoms with Crippen LogP contribution in [0.5, 0.6) is 0 Å². The van der Waals surface area contributed by atoms with Gasteiger partial charge in [-0.2, -0.15) is 0 Å². The lowest BCUT2D eigenvalue weighted by Crippen LogP contribution is -2.39. The van der Waals surface area contributed by atoms with Crippen molar-refractivity contribution in [2.45, 2.75) is 25.8 Å². The molecule has 2 fully saturated rings. The van der Waals surface area contributed by atoms with Crippen molar-refractivity contribution in [2.24, 2.45) is 17.6 Å². The van der Waals surface area contributed by atoms with E-state index >= 15 is 0 Å². The van der Waals surface area contributed by atoms with Crippen LogP contribution in [0.25, 0.3) is 0 Å². The summed E-state index contributed by atoms with van der Waals surface area (Å²) >= 11 is 0. The predicted octanol–water partition coefficient (Wildman–Crippen LogP) is 0.692. The van der Waals surface area contributed by atoms with Gasteiger partial charge in [-0.15, -0.1) is 0 Å². The van der Waals surface area contributed by atoms with E-state index in [0.717, 1.165) is 32.2 Å². The van der Waals surface area contributed by atoms with E-state index in [2.05, 4.69) is 11.8 Å². The van der Waals surface area contributed by atoms with Crippen LogP contribution in [0.2, 0.25) is 0 Å². The molecule has 2 unspecified atom stereocenters. The highest BCUT2D eigenvalue weighted by atomic mass is 16.5. The number of hydrogen-bond acceptors (Lipinski definition) is 3. The molecule has 0 aromatic carbocycles. The molecule has 2 atom stereocenters. The van der Waals surface area contributed by atoms with Crippen molar-refractivity contribution in [2.75, 3.05) is 32.8 Å². The molecule has 14 heavy (non-hydrogen) atoms. The van der Waals surface area contributed by atoms with Crippen LogP contribution in [0, 0.1) is 11.8 Å². The first-order chi connectivity index (χ1) is 6.79. The maximum atomic E-state index is 5.98. The highest BCUT2D eigenvalue weighted by Gasteiger charge is 2.29. The largest absolute Gasteiger partial charge is 0.379 e. The molecule has 0 bridgehead atoms. The standard InChI is InChI=1S/C11H22N2O/c1-2-13(5-9-3-4-9)6-10-7-14-8-11(10)12/h9-11H,2-8,12H2,1H3. The summed E-state index contributed by atoms with van der Waals surface area (Å²) in [5.41, 5.74) is 5.98. The van der Waals surface area contributed by atoms with Crippen LogP contribution in [-0.4, -0.2) is 43.8 Å². The van der Waals surface area contributed by atoms with Crippen molar-refractivity contribution in [1.82, 2.24) is 4.90 Å². The Morgan fingerprint density at radius 3 is 2.57 bits per heavy atom. The summed E-state index contributed by atoms with van der Waals surface area (Å²) in [7, 11) is 0. The lowest BCUT2D eigenvalue weighted by molar-refractivity contribution is 0.167. The molecule has 2 aliphatic rings. The van der Waals surface area contributed by atoms with Crippen LogP contribution in [-0.2, 0) is 4.74 Å². The van der Waals surface area contributed by atoms with E-state index in [1.54, 1.807) is 0 Å². The fourth-order valence-corrected chi connectivity index (χ4v) is 2.13. The second-order valence-corrected chi connectivity index (χ2v) is 4.76. The van der Waals surface area contributed by atoms with Gasteiger partial charge in [0.1, 0.15) is 0 Å². The number of nitrogens with two attached hydrogens (primary N) is 1. The quantitative estimate of drug-likeness (QED) is 0.706. The monoisotopic (exact) mass is 198 g/mol. The molecular weight excluding hydrogens is 176 g/mol. The minimum Gasteiger partial charge on any atom is -0.379 e. The molecule has 3 nitrogen and oxygen atoms in total. The van der Waals surface area contributed by atoms with Gasteiger partial charge < -0.3 is 15.4 Å². The van der Waals surface area contributed by atoms with E-state index in [4.69, 9.17) is 10.5 Å². The summed E-state index contributed by atoms with van der Waals surface area (Å²) in [6.07, 6.45) is 2.87. The van der Waals surface area contributed by atoms with Gasteiger partial charge in [0.2, 0.25) is 0 Å². The summed E-state index contributed by atoms with van der Waals surface area (Å²) < 4.78 is 5.38. The molecule has 1 saturated heterocycles. The van der Waals surface area contributed by atoms with Gasteiger partial charge in [-0.3, -0.25) is 0 Å². The number of nitrogens with zero attached hydrogens (tertiary/aromatic N) is 1. The highest BCUT2D eigenvalue weighted by Crippen LogP contribution is 2.30. The summed E-state index contributed by atoms with van der Waals surface area (Å²) in [5.74, 6) is 1.54. The van der Waals surface area contributed by atoms with E-state index in [1.807, 2.05) is 0 Å². The molecular formula is C11H22N2O. The van der Waals surface area contributed by atoms with Gasteiger partial charge in [-0.25, -0.2) is 0 Å². The highest BCUT2D eigenvalue weighted by molar-refractivity contribution is 4.83. The first-order valence-corrected chi connectivity index (χ1v) is 5.85. The Morgan fingerprint density at radius 1 is 1.29 bits per heavy atom. The van der Waals surface area contributed by atoms with Crippen molar-refractivity contribution < 1.29 is 4.74 Å². The Morgan fingerprint density at radius 2 is 2.07 bits per heavy atom. The van der Waals surface area contributed by atoms with Gasteiger partial charge in [0, 0.05) is 25.0 Å². The zero-order chi connectivity index (χ0) is 9.97. The minimum absolute atomic E-state index is 0.267. The summed E-state index contributed by atoms with van der Waals surface area (Å²) in [6, 6.07) is 0.267. The third-order valence-corrected chi connectivity index (χ3v) is 3.40. The van der Waals surface area contributed by atoms with Crippen molar-refractivity contribution in [3.8, 4) is 0 Å². The number of ether oxygens (including phenoxy) is 1. The molecule has 82 valence electrons. The molecule has 1 saturated carbocycles. The normalized spacial score (nSPS) is 32.8. The average molecular weight is 198 g/mol. The van der Waals surface area contributed by atoms with Gasteiger partial charge in [0.25, 0.3) is 0 Å². The van der Waals surface area contributed by atoms with E-state index in [0.29, 0.717) is 5.92 Å². The molecule has 2 N–H and O–H groups in total. The first kappa shape index (κ1) is 10.4. The van der Waals surface area contributed by atoms with E-state index in [9.17, 15) is 0 Å². The molecule has 2 rings (SSSR count). The van der Waals surface area contributed by atoms with Crippen molar-refractivity contribution >= 4 is 0 Å². The SMILES string of the molecule is CCN(CC1CC1)CC1COCC1N. The maximum absolute atomic E-state index is 5.98. The third-order valence-electron chi connectivity index (χ3n) is 3.40. The number of rotatable bonds is 5. The zero-order valence-electron chi connectivity index (χ0n) is 9.11. The Kier molecular flexibility index (Phi) is 3.42. The number of hydrogen-bond donors (Lipinski definition) is 1. The lowest BCUT2D eigenvalue weighted by Gasteiger charge is -2.25. The molecule has 0 radical (unpaired) electrons. The summed E-state index contributed by atoms with van der Waals surface area (Å²) in [5, 5.41) is 0. The molecule has 0 amide bonds. The Labute approximate surface area is 86.6 Å². The third kappa shape index (κ3) is 2.69. The van der Waals surface area contributed by atoms with Gasteiger partial charge in [-0.05, 0) is 25.3 Å². The smallest absolute Gasteiger partial charge is 0.0621 e. The molecule has 0 aromatic rings. The van der Waals surface area contributed by atoms with Crippen LogP contribution in [0.1, 0.15) is 19.8 Å². The molecule has 1 aliphatic carbocycles. The molecule has 0 spiro atoms. The predicted molar refractivity (Wildman–Crippen MR) is 57.1 cm³/mol. The zero-order valence-corrected chi connectivity index (χ0v) is 9.11. The minimum atomic E-state index is 0.267. The summed E-state index contributed by atoms with van der Waals surface area (Å²) in [4.78, 5) is 2.54. The van der Waals surface area contributed by atoms with E-state index in [-0.39, 0.29) is 6.04 Å². The van der Waals surface area contributed by atoms with E-state index < -0.39 is 0 Å².